The SMILES string of the molecule is CCCCCCCCCCCCCCCCC(=O)O[C@H](COC(=O)CCCCCCCCCCCC)COC(=O)CCCCCCCCCCCCCCCCCCCCC(C)C. The highest BCUT2D eigenvalue weighted by molar-refractivity contribution is 5.71. The molecule has 0 bridgehead atoms. The molecule has 0 heterocycles. The minimum Gasteiger partial charge on any atom is -0.462 e. The molecule has 0 aliphatic rings. The number of esters is 3. The number of rotatable bonds is 52. The lowest BCUT2D eigenvalue weighted by Crippen LogP contribution is -2.30. The predicted molar refractivity (Wildman–Crippen MR) is 270 cm³/mol. The van der Waals surface area contributed by atoms with Crippen molar-refractivity contribution in [3.05, 3.63) is 0 Å². The van der Waals surface area contributed by atoms with Crippen LogP contribution in [0.1, 0.15) is 323 Å². The molecule has 0 rings (SSSR count). The zero-order valence-corrected chi connectivity index (χ0v) is 43.0. The fraction of sp³-hybridized carbons (Fsp3) is 0.947. The number of carbonyl (C=O) groups is 3. The molecule has 0 N–H and O–H groups in total. The standard InChI is InChI=1S/C57H110O6/c1-5-7-9-11-13-15-17-18-26-30-34-38-42-46-50-57(60)63-54(51-61-55(58)48-44-40-36-32-16-14-12-10-8-6-2)52-62-56(59)49-45-41-37-33-29-27-24-22-20-19-21-23-25-28-31-35-39-43-47-53(3)4/h53-54H,5-52H2,1-4H3/t54-/m1/s1. The van der Waals surface area contributed by atoms with Crippen molar-refractivity contribution in [1.29, 1.82) is 0 Å². The molecule has 0 aliphatic carbocycles. The molecule has 0 fully saturated rings. The van der Waals surface area contributed by atoms with Gasteiger partial charge in [0.1, 0.15) is 13.2 Å². The molecule has 6 heteroatoms. The van der Waals surface area contributed by atoms with Gasteiger partial charge in [0, 0.05) is 19.3 Å². The summed E-state index contributed by atoms with van der Waals surface area (Å²) in [4.78, 5) is 38.0. The summed E-state index contributed by atoms with van der Waals surface area (Å²) < 4.78 is 16.8. The number of carbonyl (C=O) groups excluding carboxylic acids is 3. The second-order valence-corrected chi connectivity index (χ2v) is 20.1. The van der Waals surface area contributed by atoms with Gasteiger partial charge >= 0.3 is 17.9 Å². The Kier molecular flexibility index (Phi) is 50.1. The maximum atomic E-state index is 12.8. The fourth-order valence-corrected chi connectivity index (χ4v) is 8.75. The van der Waals surface area contributed by atoms with Crippen molar-refractivity contribution in [2.24, 2.45) is 5.92 Å². The normalized spacial score (nSPS) is 12.0. The molecule has 0 saturated heterocycles. The van der Waals surface area contributed by atoms with E-state index in [-0.39, 0.29) is 31.1 Å². The molecule has 6 nitrogen and oxygen atoms in total. The van der Waals surface area contributed by atoms with Crippen LogP contribution in [0.4, 0.5) is 0 Å². The summed E-state index contributed by atoms with van der Waals surface area (Å²) in [5, 5.41) is 0. The minimum absolute atomic E-state index is 0.0620. The van der Waals surface area contributed by atoms with Crippen LogP contribution in [0.15, 0.2) is 0 Å². The van der Waals surface area contributed by atoms with Crippen LogP contribution in [0.5, 0.6) is 0 Å². The summed E-state index contributed by atoms with van der Waals surface area (Å²) in [5.74, 6) is 0.0202. The third kappa shape index (κ3) is 51.3. The van der Waals surface area contributed by atoms with Gasteiger partial charge in [-0.05, 0) is 25.2 Å². The van der Waals surface area contributed by atoms with Crippen molar-refractivity contribution in [2.45, 2.75) is 329 Å². The van der Waals surface area contributed by atoms with Gasteiger partial charge in [-0.1, -0.05) is 285 Å². The van der Waals surface area contributed by atoms with E-state index in [4.69, 9.17) is 14.2 Å². The first kappa shape index (κ1) is 61.4. The van der Waals surface area contributed by atoms with Gasteiger partial charge in [0.05, 0.1) is 0 Å². The monoisotopic (exact) mass is 891 g/mol. The van der Waals surface area contributed by atoms with Crippen LogP contribution in [-0.4, -0.2) is 37.2 Å². The smallest absolute Gasteiger partial charge is 0.306 e. The Bertz CT molecular complexity index is 949. The zero-order chi connectivity index (χ0) is 45.9. The molecule has 0 spiro atoms. The van der Waals surface area contributed by atoms with Crippen molar-refractivity contribution in [2.75, 3.05) is 13.2 Å². The summed E-state index contributed by atoms with van der Waals surface area (Å²) in [6.45, 7) is 9.06. The molecule has 1 atom stereocenters. The Hall–Kier alpha value is -1.59. The molecule has 63 heavy (non-hydrogen) atoms. The van der Waals surface area contributed by atoms with Gasteiger partial charge in [0.15, 0.2) is 6.10 Å². The van der Waals surface area contributed by atoms with Crippen molar-refractivity contribution in [3.63, 3.8) is 0 Å². The highest BCUT2D eigenvalue weighted by Gasteiger charge is 2.19. The number of unbranched alkanes of at least 4 members (excludes halogenated alkanes) is 39. The zero-order valence-electron chi connectivity index (χ0n) is 43.0. The van der Waals surface area contributed by atoms with Crippen LogP contribution < -0.4 is 0 Å². The molecular formula is C57H110O6. The maximum absolute atomic E-state index is 12.8. The largest absolute Gasteiger partial charge is 0.462 e. The fourth-order valence-electron chi connectivity index (χ4n) is 8.75. The Labute approximate surface area is 393 Å². The van der Waals surface area contributed by atoms with Crippen molar-refractivity contribution >= 4 is 17.9 Å². The molecule has 0 unspecified atom stereocenters. The van der Waals surface area contributed by atoms with Gasteiger partial charge in [0.25, 0.3) is 0 Å². The van der Waals surface area contributed by atoms with Gasteiger partial charge in [-0.25, -0.2) is 0 Å². The molecule has 0 saturated carbocycles. The number of hydrogen-bond donors (Lipinski definition) is 0. The molecule has 0 aromatic rings. The lowest BCUT2D eigenvalue weighted by Gasteiger charge is -2.18. The molecule has 0 aromatic carbocycles. The summed E-state index contributed by atoms with van der Waals surface area (Å²) in [7, 11) is 0. The maximum Gasteiger partial charge on any atom is 0.306 e. The average molecular weight is 892 g/mol. The van der Waals surface area contributed by atoms with Crippen LogP contribution in [-0.2, 0) is 28.6 Å². The Morgan fingerprint density at radius 3 is 0.778 bits per heavy atom. The number of ether oxygens (including phenoxy) is 3. The summed E-state index contributed by atoms with van der Waals surface area (Å²) in [5.41, 5.74) is 0. The van der Waals surface area contributed by atoms with E-state index in [1.54, 1.807) is 0 Å². The van der Waals surface area contributed by atoms with E-state index in [0.717, 1.165) is 63.7 Å². The van der Waals surface area contributed by atoms with Crippen LogP contribution >= 0.6 is 0 Å². The van der Waals surface area contributed by atoms with E-state index in [9.17, 15) is 14.4 Å². The predicted octanol–water partition coefficient (Wildman–Crippen LogP) is 18.6. The van der Waals surface area contributed by atoms with E-state index >= 15 is 0 Å². The van der Waals surface area contributed by atoms with Gasteiger partial charge in [-0.3, -0.25) is 14.4 Å². The summed E-state index contributed by atoms with van der Waals surface area (Å²) in [6.07, 6.45) is 55.2. The first-order chi connectivity index (χ1) is 30.9. The molecule has 374 valence electrons. The lowest BCUT2D eigenvalue weighted by molar-refractivity contribution is -0.167. The van der Waals surface area contributed by atoms with E-state index in [1.807, 2.05) is 0 Å². The Balaban J connectivity index is 4.19. The number of hydrogen-bond acceptors (Lipinski definition) is 6. The summed E-state index contributed by atoms with van der Waals surface area (Å²) in [6, 6.07) is 0. The van der Waals surface area contributed by atoms with E-state index in [2.05, 4.69) is 27.7 Å². The first-order valence-corrected chi connectivity index (χ1v) is 28.4. The quantitative estimate of drug-likeness (QED) is 0.0344. The van der Waals surface area contributed by atoms with Gasteiger partial charge in [-0.15, -0.1) is 0 Å². The topological polar surface area (TPSA) is 78.9 Å². The molecule has 0 amide bonds. The lowest BCUT2D eigenvalue weighted by atomic mass is 10.0. The van der Waals surface area contributed by atoms with Gasteiger partial charge in [0.2, 0.25) is 0 Å². The second kappa shape index (κ2) is 51.4. The molecule has 0 radical (unpaired) electrons. The minimum atomic E-state index is -0.760. The third-order valence-corrected chi connectivity index (χ3v) is 13.0. The molecule has 0 aliphatic heterocycles. The first-order valence-electron chi connectivity index (χ1n) is 28.4. The average Bonchev–Trinajstić information content (AvgIpc) is 3.27. The summed E-state index contributed by atoms with van der Waals surface area (Å²) >= 11 is 0. The highest BCUT2D eigenvalue weighted by atomic mass is 16.6. The second-order valence-electron chi connectivity index (χ2n) is 20.1. The highest BCUT2D eigenvalue weighted by Crippen LogP contribution is 2.18. The van der Waals surface area contributed by atoms with E-state index in [1.165, 1.54) is 218 Å². The van der Waals surface area contributed by atoms with Crippen LogP contribution in [0.25, 0.3) is 0 Å². The van der Waals surface area contributed by atoms with E-state index < -0.39 is 6.10 Å². The van der Waals surface area contributed by atoms with Crippen LogP contribution in [0.2, 0.25) is 0 Å². The van der Waals surface area contributed by atoms with Crippen molar-refractivity contribution < 1.29 is 28.6 Å². The third-order valence-electron chi connectivity index (χ3n) is 13.0. The molecular weight excluding hydrogens is 781 g/mol. The van der Waals surface area contributed by atoms with Crippen LogP contribution in [0.3, 0.4) is 0 Å². The Morgan fingerprint density at radius 2 is 0.524 bits per heavy atom. The Morgan fingerprint density at radius 1 is 0.302 bits per heavy atom. The van der Waals surface area contributed by atoms with Crippen molar-refractivity contribution in [3.8, 4) is 0 Å². The van der Waals surface area contributed by atoms with E-state index in [0.29, 0.717) is 19.3 Å². The molecule has 0 aromatic heterocycles. The van der Waals surface area contributed by atoms with Crippen molar-refractivity contribution in [1.82, 2.24) is 0 Å². The van der Waals surface area contributed by atoms with Gasteiger partial charge in [-0.2, -0.15) is 0 Å². The van der Waals surface area contributed by atoms with Crippen LogP contribution in [0, 0.1) is 5.92 Å². The van der Waals surface area contributed by atoms with Gasteiger partial charge < -0.3 is 14.2 Å².